The quantitative estimate of drug-likeness (QED) is 0.720. The SMILES string of the molecule is CC(C)CNC(=O)NC(=O)COC(=O)c1ccccc1-n1cnnn1. The van der Waals surface area contributed by atoms with E-state index in [1.54, 1.807) is 18.2 Å². The van der Waals surface area contributed by atoms with E-state index in [2.05, 4.69) is 26.2 Å². The summed E-state index contributed by atoms with van der Waals surface area (Å²) in [6.07, 6.45) is 1.33. The maximum Gasteiger partial charge on any atom is 0.340 e. The number of benzene rings is 1. The van der Waals surface area contributed by atoms with Crippen LogP contribution in [0, 0.1) is 5.92 Å². The molecule has 0 aliphatic carbocycles. The number of hydrogen-bond acceptors (Lipinski definition) is 7. The predicted molar refractivity (Wildman–Crippen MR) is 85.8 cm³/mol. The molecule has 0 fully saturated rings. The van der Waals surface area contributed by atoms with Crippen LogP contribution in [0.4, 0.5) is 4.79 Å². The molecule has 0 atom stereocenters. The van der Waals surface area contributed by atoms with Crippen molar-refractivity contribution >= 4 is 17.9 Å². The minimum Gasteiger partial charge on any atom is -0.452 e. The third kappa shape index (κ3) is 5.37. The average Bonchev–Trinajstić information content (AvgIpc) is 3.12. The van der Waals surface area contributed by atoms with E-state index in [4.69, 9.17) is 4.74 Å². The Bertz CT molecular complexity index is 744. The molecule has 2 aromatic rings. The van der Waals surface area contributed by atoms with E-state index in [9.17, 15) is 14.4 Å². The van der Waals surface area contributed by atoms with Crippen LogP contribution in [0.2, 0.25) is 0 Å². The minimum atomic E-state index is -0.733. The van der Waals surface area contributed by atoms with Crippen molar-refractivity contribution in [2.75, 3.05) is 13.2 Å². The van der Waals surface area contributed by atoms with Gasteiger partial charge in [-0.3, -0.25) is 10.1 Å². The Morgan fingerprint density at radius 1 is 1.24 bits per heavy atom. The number of urea groups is 1. The molecule has 10 heteroatoms. The van der Waals surface area contributed by atoms with Crippen LogP contribution < -0.4 is 10.6 Å². The number of tetrazole rings is 1. The third-order valence-electron chi connectivity index (χ3n) is 2.98. The molecule has 0 aliphatic heterocycles. The standard InChI is InChI=1S/C15H18N6O4/c1-10(2)7-16-15(24)18-13(22)8-25-14(23)11-5-3-4-6-12(11)21-9-17-19-20-21/h3-6,9-10H,7-8H2,1-2H3,(H2,16,18,22,24). The molecule has 1 heterocycles. The van der Waals surface area contributed by atoms with Gasteiger partial charge in [0.25, 0.3) is 5.91 Å². The van der Waals surface area contributed by atoms with Crippen LogP contribution >= 0.6 is 0 Å². The van der Waals surface area contributed by atoms with Gasteiger partial charge in [0.2, 0.25) is 0 Å². The number of nitrogens with one attached hydrogen (secondary N) is 2. The summed E-state index contributed by atoms with van der Waals surface area (Å²) in [7, 11) is 0. The number of aromatic nitrogens is 4. The number of carbonyl (C=O) groups excluding carboxylic acids is 3. The summed E-state index contributed by atoms with van der Waals surface area (Å²) in [6.45, 7) is 3.69. The molecular formula is C15H18N6O4. The number of nitrogens with zero attached hydrogens (tertiary/aromatic N) is 4. The highest BCUT2D eigenvalue weighted by Gasteiger charge is 2.17. The molecule has 10 nitrogen and oxygen atoms in total. The zero-order chi connectivity index (χ0) is 18.2. The van der Waals surface area contributed by atoms with Gasteiger partial charge >= 0.3 is 12.0 Å². The molecule has 0 unspecified atom stereocenters. The highest BCUT2D eigenvalue weighted by atomic mass is 16.5. The van der Waals surface area contributed by atoms with Gasteiger partial charge in [-0.15, -0.1) is 5.10 Å². The number of rotatable bonds is 6. The van der Waals surface area contributed by atoms with Crippen LogP contribution in [0.25, 0.3) is 5.69 Å². The average molecular weight is 346 g/mol. The Morgan fingerprint density at radius 2 is 2.00 bits per heavy atom. The summed E-state index contributed by atoms with van der Waals surface area (Å²) in [5.74, 6) is -1.21. The largest absolute Gasteiger partial charge is 0.452 e. The van der Waals surface area contributed by atoms with E-state index >= 15 is 0 Å². The molecule has 0 bridgehead atoms. The molecule has 1 aromatic heterocycles. The molecule has 0 saturated carbocycles. The minimum absolute atomic E-state index is 0.187. The lowest BCUT2D eigenvalue weighted by Gasteiger charge is -2.10. The fourth-order valence-corrected chi connectivity index (χ4v) is 1.83. The Kier molecular flexibility index (Phi) is 6.15. The lowest BCUT2D eigenvalue weighted by molar-refractivity contribution is -0.123. The first-order valence-corrected chi connectivity index (χ1v) is 7.54. The maximum absolute atomic E-state index is 12.2. The number of imide groups is 1. The molecule has 132 valence electrons. The van der Waals surface area contributed by atoms with Gasteiger partial charge in [0.15, 0.2) is 6.61 Å². The van der Waals surface area contributed by atoms with E-state index in [1.165, 1.54) is 17.1 Å². The molecular weight excluding hydrogens is 328 g/mol. The Labute approximate surface area is 143 Å². The second-order valence-corrected chi connectivity index (χ2v) is 5.50. The number of para-hydroxylation sites is 1. The van der Waals surface area contributed by atoms with Crippen molar-refractivity contribution in [2.24, 2.45) is 5.92 Å². The van der Waals surface area contributed by atoms with Gasteiger partial charge in [0, 0.05) is 6.54 Å². The van der Waals surface area contributed by atoms with E-state index in [1.807, 2.05) is 13.8 Å². The molecule has 3 amide bonds. The van der Waals surface area contributed by atoms with E-state index in [-0.39, 0.29) is 11.5 Å². The molecule has 0 radical (unpaired) electrons. The van der Waals surface area contributed by atoms with Crippen molar-refractivity contribution in [3.8, 4) is 5.69 Å². The van der Waals surface area contributed by atoms with Crippen molar-refractivity contribution in [1.29, 1.82) is 0 Å². The van der Waals surface area contributed by atoms with Gasteiger partial charge in [-0.05, 0) is 28.5 Å². The molecule has 0 aliphatic rings. The highest BCUT2D eigenvalue weighted by Crippen LogP contribution is 2.13. The van der Waals surface area contributed by atoms with Crippen LogP contribution in [0.1, 0.15) is 24.2 Å². The number of hydrogen-bond donors (Lipinski definition) is 2. The Morgan fingerprint density at radius 3 is 2.68 bits per heavy atom. The molecule has 0 saturated heterocycles. The van der Waals surface area contributed by atoms with Gasteiger partial charge in [-0.1, -0.05) is 26.0 Å². The summed E-state index contributed by atoms with van der Waals surface area (Å²) in [5.41, 5.74) is 0.597. The van der Waals surface area contributed by atoms with Crippen LogP contribution in [-0.2, 0) is 9.53 Å². The normalized spacial score (nSPS) is 10.4. The van der Waals surface area contributed by atoms with Crippen LogP contribution in [0.15, 0.2) is 30.6 Å². The first kappa shape index (κ1) is 18.0. The molecule has 1 aromatic carbocycles. The lowest BCUT2D eigenvalue weighted by atomic mass is 10.2. The van der Waals surface area contributed by atoms with Crippen molar-refractivity contribution in [1.82, 2.24) is 30.8 Å². The van der Waals surface area contributed by atoms with Gasteiger partial charge in [0.1, 0.15) is 6.33 Å². The van der Waals surface area contributed by atoms with E-state index in [0.29, 0.717) is 12.2 Å². The summed E-state index contributed by atoms with van der Waals surface area (Å²) in [4.78, 5) is 35.3. The van der Waals surface area contributed by atoms with Crippen LogP contribution in [0.3, 0.4) is 0 Å². The first-order valence-electron chi connectivity index (χ1n) is 7.54. The molecule has 2 N–H and O–H groups in total. The summed E-state index contributed by atoms with van der Waals surface area (Å²) >= 11 is 0. The monoisotopic (exact) mass is 346 g/mol. The Hall–Kier alpha value is -3.30. The van der Waals surface area contributed by atoms with Crippen molar-refractivity contribution < 1.29 is 19.1 Å². The van der Waals surface area contributed by atoms with E-state index in [0.717, 1.165) is 0 Å². The van der Waals surface area contributed by atoms with Gasteiger partial charge < -0.3 is 10.1 Å². The molecule has 2 rings (SSSR count). The number of ether oxygens (including phenoxy) is 1. The summed E-state index contributed by atoms with van der Waals surface area (Å²) in [5, 5.41) is 15.3. The van der Waals surface area contributed by atoms with Crippen LogP contribution in [0.5, 0.6) is 0 Å². The molecule has 25 heavy (non-hydrogen) atoms. The second kappa shape index (κ2) is 8.52. The van der Waals surface area contributed by atoms with Crippen molar-refractivity contribution in [3.05, 3.63) is 36.2 Å². The second-order valence-electron chi connectivity index (χ2n) is 5.50. The van der Waals surface area contributed by atoms with Crippen LogP contribution in [-0.4, -0.2) is 51.3 Å². The number of esters is 1. The highest BCUT2D eigenvalue weighted by molar-refractivity contribution is 5.98. The predicted octanol–water partition coefficient (Wildman–Crippen LogP) is 0.301. The van der Waals surface area contributed by atoms with Crippen molar-refractivity contribution in [2.45, 2.75) is 13.8 Å². The smallest absolute Gasteiger partial charge is 0.340 e. The number of amides is 3. The Balaban J connectivity index is 1.91. The molecule has 0 spiro atoms. The zero-order valence-electron chi connectivity index (χ0n) is 13.8. The summed E-state index contributed by atoms with van der Waals surface area (Å²) < 4.78 is 6.24. The third-order valence-corrected chi connectivity index (χ3v) is 2.98. The lowest BCUT2D eigenvalue weighted by Crippen LogP contribution is -2.42. The topological polar surface area (TPSA) is 128 Å². The van der Waals surface area contributed by atoms with Crippen molar-refractivity contribution in [3.63, 3.8) is 0 Å². The fraction of sp³-hybridized carbons (Fsp3) is 0.333. The zero-order valence-corrected chi connectivity index (χ0v) is 13.8. The maximum atomic E-state index is 12.2. The first-order chi connectivity index (χ1) is 12.0. The van der Waals surface area contributed by atoms with Gasteiger partial charge in [-0.25, -0.2) is 9.59 Å². The van der Waals surface area contributed by atoms with E-state index < -0.39 is 24.5 Å². The fourth-order valence-electron chi connectivity index (χ4n) is 1.83. The summed E-state index contributed by atoms with van der Waals surface area (Å²) in [6, 6.07) is 5.87. The van der Waals surface area contributed by atoms with Gasteiger partial charge in [-0.2, -0.15) is 4.68 Å². The van der Waals surface area contributed by atoms with Gasteiger partial charge in [0.05, 0.1) is 11.3 Å². The number of carbonyl (C=O) groups is 3.